The van der Waals surface area contributed by atoms with Crippen LogP contribution in [0.1, 0.15) is 50.9 Å². The number of nitrogens with one attached hydrogen (secondary N) is 2. The number of para-hydroxylation sites is 1. The maximum absolute atomic E-state index is 11.6. The first-order chi connectivity index (χ1) is 20.4. The Labute approximate surface area is 247 Å². The van der Waals surface area contributed by atoms with Gasteiger partial charge in [0.25, 0.3) is 5.84 Å². The number of hydrogen-bond donors (Lipinski definition) is 3. The van der Waals surface area contributed by atoms with Gasteiger partial charge in [-0.3, -0.25) is 14.6 Å². The van der Waals surface area contributed by atoms with Crippen molar-refractivity contribution in [2.45, 2.75) is 40.7 Å². The molecule has 5 rings (SSSR count). The van der Waals surface area contributed by atoms with Gasteiger partial charge < -0.3 is 20.4 Å². The highest BCUT2D eigenvalue weighted by Gasteiger charge is 2.34. The van der Waals surface area contributed by atoms with E-state index in [1.807, 2.05) is 63.0 Å². The zero-order valence-corrected chi connectivity index (χ0v) is 24.5. The number of allylic oxidation sites excluding steroid dienone is 1. The topological polar surface area (TPSA) is 109 Å². The molecule has 0 fully saturated rings. The fourth-order valence-corrected chi connectivity index (χ4v) is 5.08. The molecule has 0 unspecified atom stereocenters. The van der Waals surface area contributed by atoms with Gasteiger partial charge in [-0.25, -0.2) is 4.99 Å². The van der Waals surface area contributed by atoms with Gasteiger partial charge in [0, 0.05) is 35.5 Å². The summed E-state index contributed by atoms with van der Waals surface area (Å²) < 4.78 is 10.0. The summed E-state index contributed by atoms with van der Waals surface area (Å²) in [5.74, 6) is 8.52. The van der Waals surface area contributed by atoms with Crippen LogP contribution in [0.15, 0.2) is 88.6 Å². The standard InChI is InChI=1S/C32H36BN7O2/c1-5-42-29-9-7-6-8-24(29)19-35-30-16-14-27-32(23-10-12-25(13-11-23)37-22(4)41)28-15-17-31(40(28)33-39(27)30)36-20-26(38-34)18-21(2)3/h6-17,20-21,35H,5,18-19,34H2,1-4H3,(H,37,41)/q+1. The monoisotopic (exact) mass is 561 g/mol. The summed E-state index contributed by atoms with van der Waals surface area (Å²) >= 11 is 0. The molecule has 213 valence electrons. The van der Waals surface area contributed by atoms with E-state index in [0.29, 0.717) is 19.1 Å². The summed E-state index contributed by atoms with van der Waals surface area (Å²) in [6, 6.07) is 20.0. The average molecular weight is 561 g/mol. The van der Waals surface area contributed by atoms with Gasteiger partial charge in [-0.2, -0.15) is 5.10 Å². The number of rotatable bonds is 10. The van der Waals surface area contributed by atoms with Gasteiger partial charge in [0.2, 0.25) is 5.91 Å². The lowest BCUT2D eigenvalue weighted by atomic mass is 9.92. The molecule has 3 heterocycles. The van der Waals surface area contributed by atoms with Gasteiger partial charge >= 0.3 is 7.55 Å². The highest BCUT2D eigenvalue weighted by Crippen LogP contribution is 2.36. The van der Waals surface area contributed by atoms with Crippen molar-refractivity contribution in [1.82, 2.24) is 9.79 Å². The van der Waals surface area contributed by atoms with E-state index in [2.05, 4.69) is 62.8 Å². The quantitative estimate of drug-likeness (QED) is 0.143. The minimum atomic E-state index is -0.104. The van der Waals surface area contributed by atoms with Crippen LogP contribution in [0.2, 0.25) is 0 Å². The maximum atomic E-state index is 11.6. The normalized spacial score (nSPS) is 14.4. The zero-order chi connectivity index (χ0) is 29.6. The summed E-state index contributed by atoms with van der Waals surface area (Å²) in [5.41, 5.74) is 6.67. The van der Waals surface area contributed by atoms with Gasteiger partial charge in [-0.1, -0.05) is 44.2 Å². The fraction of sp³-hybridized carbons (Fsp3) is 0.250. The van der Waals surface area contributed by atoms with Crippen LogP contribution in [0.5, 0.6) is 5.75 Å². The molecule has 1 radical (unpaired) electrons. The lowest BCUT2D eigenvalue weighted by molar-refractivity contribution is -0.315. The number of hydrogen-bond acceptors (Lipinski definition) is 6. The van der Waals surface area contributed by atoms with Gasteiger partial charge in [-0.05, 0) is 61.2 Å². The molecule has 0 spiro atoms. The molecule has 3 aromatic rings. The smallest absolute Gasteiger partial charge is 0.493 e. The van der Waals surface area contributed by atoms with Crippen LogP contribution in [-0.4, -0.2) is 46.8 Å². The van der Waals surface area contributed by atoms with Crippen LogP contribution < -0.4 is 21.2 Å². The third kappa shape index (κ3) is 6.22. The Morgan fingerprint density at radius 2 is 1.90 bits per heavy atom. The van der Waals surface area contributed by atoms with Crippen molar-refractivity contribution in [2.75, 3.05) is 11.9 Å². The first kappa shape index (κ1) is 28.7. The lowest BCUT2D eigenvalue weighted by Crippen LogP contribution is -2.36. The average Bonchev–Trinajstić information content (AvgIpc) is 3.57. The molecule has 2 aliphatic heterocycles. The van der Waals surface area contributed by atoms with E-state index in [0.717, 1.165) is 63.3 Å². The zero-order valence-electron chi connectivity index (χ0n) is 24.5. The van der Waals surface area contributed by atoms with Gasteiger partial charge in [0.1, 0.15) is 23.8 Å². The Morgan fingerprint density at radius 1 is 1.12 bits per heavy atom. The molecular formula is C32H36BN7O2+. The molecule has 0 aliphatic carbocycles. The summed E-state index contributed by atoms with van der Waals surface area (Å²) in [6.45, 7) is 8.95. The van der Waals surface area contributed by atoms with Crippen LogP contribution in [0.4, 0.5) is 11.5 Å². The lowest BCUT2D eigenvalue weighted by Gasteiger charge is -2.21. The molecule has 0 saturated heterocycles. The third-order valence-electron chi connectivity index (χ3n) is 6.91. The highest BCUT2D eigenvalue weighted by molar-refractivity contribution is 6.32. The Kier molecular flexibility index (Phi) is 8.71. The minimum Gasteiger partial charge on any atom is -0.493 e. The van der Waals surface area contributed by atoms with E-state index in [4.69, 9.17) is 15.6 Å². The number of benzene rings is 2. The van der Waals surface area contributed by atoms with E-state index in [-0.39, 0.29) is 5.91 Å². The van der Waals surface area contributed by atoms with Crippen LogP contribution in [0, 0.1) is 5.92 Å². The second-order valence-electron chi connectivity index (χ2n) is 10.5. The van der Waals surface area contributed by atoms with Crippen molar-refractivity contribution < 1.29 is 14.0 Å². The second-order valence-corrected chi connectivity index (χ2v) is 10.5. The van der Waals surface area contributed by atoms with Crippen molar-refractivity contribution in [3.8, 4) is 5.75 Å². The molecule has 2 aliphatic rings. The predicted octanol–water partition coefficient (Wildman–Crippen LogP) is 4.83. The van der Waals surface area contributed by atoms with E-state index in [9.17, 15) is 4.79 Å². The first-order valence-electron chi connectivity index (χ1n) is 14.2. The van der Waals surface area contributed by atoms with E-state index < -0.39 is 0 Å². The van der Waals surface area contributed by atoms with Crippen molar-refractivity contribution in [3.05, 3.63) is 95.3 Å². The number of carbonyl (C=O) groups excluding carboxylic acids is 1. The number of ether oxygens (including phenoxy) is 1. The van der Waals surface area contributed by atoms with E-state index in [1.54, 1.807) is 6.21 Å². The number of fused-ring (bicyclic) bond motifs is 2. The summed E-state index contributed by atoms with van der Waals surface area (Å²) in [4.78, 5) is 16.3. The maximum Gasteiger partial charge on any atom is 0.553 e. The number of carbonyl (C=O) groups is 1. The van der Waals surface area contributed by atoms with Crippen LogP contribution in [0.25, 0.3) is 5.57 Å². The van der Waals surface area contributed by atoms with E-state index in [1.165, 1.54) is 6.92 Å². The Bertz CT molecular complexity index is 1630. The molecule has 4 N–H and O–H groups in total. The largest absolute Gasteiger partial charge is 0.553 e. The predicted molar refractivity (Wildman–Crippen MR) is 170 cm³/mol. The number of hydrazone groups is 1. The summed E-state index contributed by atoms with van der Waals surface area (Å²) in [6.07, 6.45) is 6.69. The number of nitrogens with two attached hydrogens (primary N) is 1. The highest BCUT2D eigenvalue weighted by atomic mass is 16.5. The number of anilines is 1. The van der Waals surface area contributed by atoms with Gasteiger partial charge in [0.05, 0.1) is 18.5 Å². The molecule has 42 heavy (non-hydrogen) atoms. The summed E-state index contributed by atoms with van der Waals surface area (Å²) in [5, 5.41) is 10.4. The van der Waals surface area contributed by atoms with Crippen molar-refractivity contribution in [2.24, 2.45) is 21.9 Å². The van der Waals surface area contributed by atoms with Crippen LogP contribution >= 0.6 is 0 Å². The molecular weight excluding hydrogens is 525 g/mol. The van der Waals surface area contributed by atoms with Gasteiger partial charge in [0.15, 0.2) is 0 Å². The fourth-order valence-electron chi connectivity index (χ4n) is 5.08. The second kappa shape index (κ2) is 12.8. The molecule has 0 atom stereocenters. The Balaban J connectivity index is 1.54. The van der Waals surface area contributed by atoms with Gasteiger partial charge in [-0.15, -0.1) is 0 Å². The first-order valence-corrected chi connectivity index (χ1v) is 14.2. The van der Waals surface area contributed by atoms with Crippen LogP contribution in [0.3, 0.4) is 0 Å². The Morgan fingerprint density at radius 3 is 2.62 bits per heavy atom. The van der Waals surface area contributed by atoms with Crippen molar-refractivity contribution >= 4 is 48.3 Å². The van der Waals surface area contributed by atoms with Crippen LogP contribution in [-0.2, 0) is 11.3 Å². The number of amidine groups is 1. The van der Waals surface area contributed by atoms with E-state index >= 15 is 0 Å². The molecule has 9 nitrogen and oxygen atoms in total. The number of aromatic nitrogens is 1. The SMILES string of the molecule is CCOc1ccccc1CNC1=[N+]2[B]n3c(N=CC(CC(C)C)=NN)ccc3C(c3ccc(NC(C)=O)cc3)=C2C=C1. The number of amides is 1. The molecule has 2 aromatic carbocycles. The van der Waals surface area contributed by atoms with Crippen molar-refractivity contribution in [1.29, 1.82) is 0 Å². The number of aliphatic imine (C=N–C) groups is 1. The molecule has 1 aromatic heterocycles. The summed E-state index contributed by atoms with van der Waals surface area (Å²) in [7, 11) is 2.05. The Hall–Kier alpha value is -4.86. The number of nitrogens with zero attached hydrogens (tertiary/aromatic N) is 4. The molecule has 10 heteroatoms. The third-order valence-corrected chi connectivity index (χ3v) is 6.91. The van der Waals surface area contributed by atoms with Crippen molar-refractivity contribution in [3.63, 3.8) is 0 Å². The molecule has 1 amide bonds. The molecule has 0 bridgehead atoms. The minimum absolute atomic E-state index is 0.104. The molecule has 0 saturated carbocycles.